The van der Waals surface area contributed by atoms with Crippen molar-refractivity contribution in [3.05, 3.63) is 61.3 Å². The fraction of sp³-hybridized carbons (Fsp3) is 0.320. The maximum absolute atomic E-state index is 13.7. The van der Waals surface area contributed by atoms with Crippen LogP contribution in [0.5, 0.6) is 5.75 Å². The third-order valence-electron chi connectivity index (χ3n) is 6.57. The lowest BCUT2D eigenvalue weighted by atomic mass is 10.2. The summed E-state index contributed by atoms with van der Waals surface area (Å²) in [6, 6.07) is 12.4. The summed E-state index contributed by atoms with van der Waals surface area (Å²) in [4.78, 5) is 15.8. The van der Waals surface area contributed by atoms with Crippen LogP contribution in [0.2, 0.25) is 0 Å². The number of aromatic nitrogens is 1. The molecule has 8 nitrogen and oxygen atoms in total. The van der Waals surface area contributed by atoms with E-state index in [0.29, 0.717) is 11.4 Å². The second-order valence-electron chi connectivity index (χ2n) is 8.78. The molecule has 2 aliphatic rings. The van der Waals surface area contributed by atoms with E-state index >= 15 is 0 Å². The number of ether oxygens (including phenoxy) is 1. The molecular weight excluding hydrogens is 452 g/mol. The Hall–Kier alpha value is -3.30. The molecule has 0 radical (unpaired) electrons. The van der Waals surface area contributed by atoms with Crippen LogP contribution in [-0.2, 0) is 14.6 Å². The molecule has 3 heterocycles. The van der Waals surface area contributed by atoms with E-state index in [2.05, 4.69) is 40.9 Å². The van der Waals surface area contributed by atoms with Crippen LogP contribution in [-0.4, -0.2) is 70.0 Å². The SMILES string of the molecule is C=CC(n1ccc2ccc(N3CCN(C)CC3)cc21)S(=O)(=O)c1ccc2c(c1)OCC(C=O)N2. The molecule has 1 aromatic heterocycles. The van der Waals surface area contributed by atoms with E-state index in [9.17, 15) is 13.2 Å². The molecule has 0 amide bonds. The molecule has 5 rings (SSSR count). The number of hydrogen-bond donors (Lipinski definition) is 1. The van der Waals surface area contributed by atoms with Gasteiger partial charge in [-0.1, -0.05) is 18.7 Å². The monoisotopic (exact) mass is 480 g/mol. The first-order valence-electron chi connectivity index (χ1n) is 11.3. The third kappa shape index (κ3) is 3.95. The van der Waals surface area contributed by atoms with Gasteiger partial charge in [0, 0.05) is 44.1 Å². The third-order valence-corrected chi connectivity index (χ3v) is 8.54. The van der Waals surface area contributed by atoms with E-state index in [4.69, 9.17) is 4.74 Å². The van der Waals surface area contributed by atoms with Crippen molar-refractivity contribution < 1.29 is 17.9 Å². The highest BCUT2D eigenvalue weighted by Crippen LogP contribution is 2.36. The van der Waals surface area contributed by atoms with Gasteiger partial charge in [0.15, 0.2) is 5.37 Å². The minimum absolute atomic E-state index is 0.138. The summed E-state index contributed by atoms with van der Waals surface area (Å²) in [5.74, 6) is 0.414. The van der Waals surface area contributed by atoms with Gasteiger partial charge in [0.05, 0.1) is 16.1 Å². The molecule has 9 heteroatoms. The van der Waals surface area contributed by atoms with Gasteiger partial charge >= 0.3 is 0 Å². The van der Waals surface area contributed by atoms with Gasteiger partial charge in [0.25, 0.3) is 0 Å². The van der Waals surface area contributed by atoms with Crippen molar-refractivity contribution in [1.29, 1.82) is 0 Å². The predicted molar refractivity (Wildman–Crippen MR) is 133 cm³/mol. The Morgan fingerprint density at radius 1 is 1.12 bits per heavy atom. The predicted octanol–water partition coefficient (Wildman–Crippen LogP) is 2.92. The highest BCUT2D eigenvalue weighted by atomic mass is 32.2. The van der Waals surface area contributed by atoms with E-state index in [0.717, 1.165) is 49.1 Å². The van der Waals surface area contributed by atoms with Crippen LogP contribution < -0.4 is 15.0 Å². The number of carbonyl (C=O) groups is 1. The molecule has 178 valence electrons. The van der Waals surface area contributed by atoms with Crippen LogP contribution in [0, 0.1) is 0 Å². The topological polar surface area (TPSA) is 83.9 Å². The molecule has 0 spiro atoms. The van der Waals surface area contributed by atoms with Gasteiger partial charge in [-0.25, -0.2) is 8.42 Å². The van der Waals surface area contributed by atoms with Crippen molar-refractivity contribution in [3.63, 3.8) is 0 Å². The molecular formula is C25H28N4O4S. The second kappa shape index (κ2) is 8.81. The standard InChI is InChI=1S/C25H28N4O4S/c1-3-25(34(31,32)21-6-7-22-24(15-21)33-17-19(16-30)26-22)29-9-8-18-4-5-20(14-23(18)29)28-12-10-27(2)11-13-28/h3-9,14-16,19,25-26H,1,10-13,17H2,2H3. The summed E-state index contributed by atoms with van der Waals surface area (Å²) in [6.07, 6.45) is 4.03. The van der Waals surface area contributed by atoms with Gasteiger partial charge in [-0.15, -0.1) is 0 Å². The Labute approximate surface area is 199 Å². The number of likely N-dealkylation sites (N-methyl/N-ethyl adjacent to an activating group) is 1. The average molecular weight is 481 g/mol. The zero-order chi connectivity index (χ0) is 23.9. The quantitative estimate of drug-likeness (QED) is 0.429. The Morgan fingerprint density at radius 3 is 2.65 bits per heavy atom. The molecule has 1 saturated heterocycles. The molecule has 0 aliphatic carbocycles. The smallest absolute Gasteiger partial charge is 0.203 e. The van der Waals surface area contributed by atoms with Crippen LogP contribution in [0.3, 0.4) is 0 Å². The van der Waals surface area contributed by atoms with E-state index in [1.54, 1.807) is 16.8 Å². The Balaban J connectivity index is 1.50. The molecule has 0 bridgehead atoms. The van der Waals surface area contributed by atoms with Crippen molar-refractivity contribution in [3.8, 4) is 5.75 Å². The first kappa shape index (κ1) is 22.5. The number of carbonyl (C=O) groups excluding carboxylic acids is 1. The summed E-state index contributed by atoms with van der Waals surface area (Å²) in [5, 5.41) is 3.03. The van der Waals surface area contributed by atoms with Gasteiger partial charge in [-0.3, -0.25) is 0 Å². The number of rotatable bonds is 6. The number of sulfone groups is 1. The second-order valence-corrected chi connectivity index (χ2v) is 10.8. The average Bonchev–Trinajstić information content (AvgIpc) is 3.27. The summed E-state index contributed by atoms with van der Waals surface area (Å²) in [6.45, 7) is 7.85. The minimum atomic E-state index is -3.82. The number of anilines is 2. The van der Waals surface area contributed by atoms with Gasteiger partial charge in [0.2, 0.25) is 9.84 Å². The minimum Gasteiger partial charge on any atom is -0.489 e. The van der Waals surface area contributed by atoms with E-state index in [-0.39, 0.29) is 11.5 Å². The molecule has 2 aliphatic heterocycles. The van der Waals surface area contributed by atoms with Gasteiger partial charge in [0.1, 0.15) is 24.7 Å². The van der Waals surface area contributed by atoms with E-state index in [1.165, 1.54) is 18.2 Å². The Morgan fingerprint density at radius 2 is 1.91 bits per heavy atom. The summed E-state index contributed by atoms with van der Waals surface area (Å²) >= 11 is 0. The number of fused-ring (bicyclic) bond motifs is 2. The van der Waals surface area contributed by atoms with Crippen molar-refractivity contribution in [2.75, 3.05) is 50.1 Å². The summed E-state index contributed by atoms with van der Waals surface area (Å²) < 4.78 is 34.8. The number of hydrogen-bond acceptors (Lipinski definition) is 7. The molecule has 1 fully saturated rings. The first-order chi connectivity index (χ1) is 16.4. The highest BCUT2D eigenvalue weighted by molar-refractivity contribution is 7.91. The molecule has 2 unspecified atom stereocenters. The van der Waals surface area contributed by atoms with Gasteiger partial charge in [-0.2, -0.15) is 0 Å². The van der Waals surface area contributed by atoms with Gasteiger partial charge < -0.3 is 29.2 Å². The number of benzene rings is 2. The maximum Gasteiger partial charge on any atom is 0.203 e. The normalized spacial score (nSPS) is 19.7. The Bertz CT molecular complexity index is 1340. The number of nitrogens with one attached hydrogen (secondary N) is 1. The fourth-order valence-corrected chi connectivity index (χ4v) is 6.11. The molecule has 3 aromatic rings. The molecule has 0 saturated carbocycles. The lowest BCUT2D eigenvalue weighted by Gasteiger charge is -2.34. The zero-order valence-corrected chi connectivity index (χ0v) is 19.9. The highest BCUT2D eigenvalue weighted by Gasteiger charge is 2.30. The molecule has 34 heavy (non-hydrogen) atoms. The largest absolute Gasteiger partial charge is 0.489 e. The van der Waals surface area contributed by atoms with E-state index < -0.39 is 21.3 Å². The van der Waals surface area contributed by atoms with Crippen LogP contribution in [0.15, 0.2) is 66.2 Å². The van der Waals surface area contributed by atoms with Crippen molar-refractivity contribution >= 4 is 38.4 Å². The summed E-state index contributed by atoms with van der Waals surface area (Å²) in [7, 11) is -1.70. The first-order valence-corrected chi connectivity index (χ1v) is 12.8. The van der Waals surface area contributed by atoms with Crippen LogP contribution in [0.25, 0.3) is 10.9 Å². The van der Waals surface area contributed by atoms with Crippen molar-refractivity contribution in [2.45, 2.75) is 16.3 Å². The van der Waals surface area contributed by atoms with Crippen molar-refractivity contribution in [2.24, 2.45) is 0 Å². The van der Waals surface area contributed by atoms with Crippen LogP contribution in [0.4, 0.5) is 11.4 Å². The molecule has 2 atom stereocenters. The van der Waals surface area contributed by atoms with Gasteiger partial charge in [-0.05, 0) is 42.8 Å². The lowest BCUT2D eigenvalue weighted by molar-refractivity contribution is -0.109. The lowest BCUT2D eigenvalue weighted by Crippen LogP contribution is -2.44. The zero-order valence-electron chi connectivity index (χ0n) is 19.1. The molecule has 1 N–H and O–H groups in total. The van der Waals surface area contributed by atoms with Crippen LogP contribution in [0.1, 0.15) is 5.37 Å². The summed E-state index contributed by atoms with van der Waals surface area (Å²) in [5.41, 5.74) is 2.52. The fourth-order valence-electron chi connectivity index (χ4n) is 4.56. The number of piperazine rings is 1. The van der Waals surface area contributed by atoms with Crippen LogP contribution >= 0.6 is 0 Å². The number of nitrogens with zero attached hydrogens (tertiary/aromatic N) is 3. The number of aldehydes is 1. The van der Waals surface area contributed by atoms with Crippen molar-refractivity contribution in [1.82, 2.24) is 9.47 Å². The van der Waals surface area contributed by atoms with E-state index in [1.807, 2.05) is 12.1 Å². The maximum atomic E-state index is 13.7. The Kier molecular flexibility index (Phi) is 5.83. The molecule has 2 aromatic carbocycles.